The van der Waals surface area contributed by atoms with E-state index in [1.807, 2.05) is 0 Å². The molecule has 1 heterocycles. The Kier molecular flexibility index (Phi) is 4.16. The molecule has 0 unspecified atom stereocenters. The van der Waals surface area contributed by atoms with Crippen LogP contribution in [-0.4, -0.2) is 23.4 Å². The van der Waals surface area contributed by atoms with Crippen molar-refractivity contribution in [1.29, 1.82) is 0 Å². The van der Waals surface area contributed by atoms with Crippen LogP contribution < -0.4 is 10.6 Å². The molecule has 7 atom stereocenters. The molecule has 4 nitrogen and oxygen atoms in total. The summed E-state index contributed by atoms with van der Waals surface area (Å²) in [4.78, 5) is 23.4. The molecule has 0 radical (unpaired) electrons. The van der Waals surface area contributed by atoms with Crippen molar-refractivity contribution in [3.63, 3.8) is 0 Å². The smallest absolute Gasteiger partial charge is 0.220 e. The molecule has 2 N–H and O–H groups in total. The summed E-state index contributed by atoms with van der Waals surface area (Å²) in [5.74, 6) is 3.37. The summed E-state index contributed by atoms with van der Waals surface area (Å²) in [6.45, 7) is 6.49. The van der Waals surface area contributed by atoms with Crippen LogP contribution in [-0.2, 0) is 9.59 Å². The summed E-state index contributed by atoms with van der Waals surface area (Å²) in [6.07, 6.45) is 10.4. The van der Waals surface area contributed by atoms with Crippen molar-refractivity contribution in [3.05, 3.63) is 0 Å². The third-order valence-corrected chi connectivity index (χ3v) is 8.57. The zero-order valence-electron chi connectivity index (χ0n) is 16.1. The van der Waals surface area contributed by atoms with Gasteiger partial charge in [0.05, 0.1) is 0 Å². The second-order valence-corrected chi connectivity index (χ2v) is 9.87. The van der Waals surface area contributed by atoms with Crippen LogP contribution in [0.15, 0.2) is 0 Å². The maximum atomic E-state index is 12.0. The zero-order chi connectivity index (χ0) is 17.8. The fraction of sp³-hybridized carbons (Fsp3) is 0.905. The van der Waals surface area contributed by atoms with E-state index in [9.17, 15) is 9.59 Å². The van der Waals surface area contributed by atoms with Crippen LogP contribution in [0.4, 0.5) is 0 Å². The molecule has 2 amide bonds. The van der Waals surface area contributed by atoms with Crippen LogP contribution in [0.2, 0.25) is 0 Å². The minimum Gasteiger partial charge on any atom is -0.354 e. The van der Waals surface area contributed by atoms with Crippen LogP contribution >= 0.6 is 0 Å². The third-order valence-electron chi connectivity index (χ3n) is 8.57. The summed E-state index contributed by atoms with van der Waals surface area (Å²) in [7, 11) is 0. The van der Waals surface area contributed by atoms with E-state index in [1.165, 1.54) is 25.7 Å². The second-order valence-electron chi connectivity index (χ2n) is 9.87. The van der Waals surface area contributed by atoms with Crippen molar-refractivity contribution in [1.82, 2.24) is 10.6 Å². The number of carbonyl (C=O) groups is 2. The van der Waals surface area contributed by atoms with Gasteiger partial charge in [-0.25, -0.2) is 0 Å². The van der Waals surface area contributed by atoms with Gasteiger partial charge >= 0.3 is 0 Å². The van der Waals surface area contributed by atoms with Gasteiger partial charge in [-0.15, -0.1) is 0 Å². The van der Waals surface area contributed by atoms with Gasteiger partial charge in [-0.2, -0.15) is 0 Å². The fourth-order valence-electron chi connectivity index (χ4n) is 7.35. The predicted octanol–water partition coefficient (Wildman–Crippen LogP) is 3.40. The molecule has 1 saturated heterocycles. The summed E-state index contributed by atoms with van der Waals surface area (Å²) in [6, 6.07) is 0.384. The van der Waals surface area contributed by atoms with Crippen LogP contribution in [0.5, 0.6) is 0 Å². The van der Waals surface area contributed by atoms with Crippen LogP contribution in [0, 0.1) is 29.1 Å². The Morgan fingerprint density at radius 2 is 1.88 bits per heavy atom. The summed E-state index contributed by atoms with van der Waals surface area (Å²) in [5, 5.41) is 6.53. The van der Waals surface area contributed by atoms with E-state index in [-0.39, 0.29) is 17.4 Å². The van der Waals surface area contributed by atoms with E-state index in [2.05, 4.69) is 24.5 Å². The van der Waals surface area contributed by atoms with Crippen molar-refractivity contribution in [2.75, 3.05) is 0 Å². The number of amides is 2. The third kappa shape index (κ3) is 2.80. The summed E-state index contributed by atoms with van der Waals surface area (Å²) < 4.78 is 0. The molecule has 4 heteroatoms. The molecule has 0 spiro atoms. The van der Waals surface area contributed by atoms with E-state index in [0.29, 0.717) is 23.8 Å². The van der Waals surface area contributed by atoms with Gasteiger partial charge < -0.3 is 10.6 Å². The Bertz CT molecular complexity index is 576. The normalized spacial score (nSPS) is 49.2. The molecule has 140 valence electrons. The van der Waals surface area contributed by atoms with Gasteiger partial charge in [-0.1, -0.05) is 6.92 Å². The highest BCUT2D eigenvalue weighted by atomic mass is 16.2. The van der Waals surface area contributed by atoms with Crippen molar-refractivity contribution in [2.45, 2.75) is 90.1 Å². The minimum absolute atomic E-state index is 0.0348. The first-order valence-corrected chi connectivity index (χ1v) is 10.4. The standard InChI is InChI=1S/C21H34N2O2/c1-13(24)22-15-8-10-20(2)14(12-15)4-5-16-17(20)9-11-21(3)18(16)6-7-19(25)23-21/h14-18H,4-12H2,1-3H3,(H,22,24)(H,23,25)/t14-,15-,16+,17-,18-,20-,21-/m0/s1. The summed E-state index contributed by atoms with van der Waals surface area (Å²) in [5.41, 5.74) is 0.466. The molecule has 3 saturated carbocycles. The highest BCUT2D eigenvalue weighted by Crippen LogP contribution is 2.62. The second kappa shape index (κ2) is 5.99. The molecule has 0 aromatic rings. The van der Waals surface area contributed by atoms with E-state index >= 15 is 0 Å². The van der Waals surface area contributed by atoms with Gasteiger partial charge in [0.15, 0.2) is 0 Å². The van der Waals surface area contributed by atoms with Crippen molar-refractivity contribution >= 4 is 11.8 Å². The van der Waals surface area contributed by atoms with Gasteiger partial charge in [0, 0.05) is 24.9 Å². The molecule has 0 aromatic heterocycles. The number of hydrogen-bond acceptors (Lipinski definition) is 2. The van der Waals surface area contributed by atoms with Gasteiger partial charge in [0.2, 0.25) is 11.8 Å². The number of fused-ring (bicyclic) bond motifs is 5. The molecule has 4 aliphatic rings. The largest absolute Gasteiger partial charge is 0.354 e. The molecule has 25 heavy (non-hydrogen) atoms. The molecule has 4 fully saturated rings. The highest BCUT2D eigenvalue weighted by molar-refractivity contribution is 5.77. The van der Waals surface area contributed by atoms with E-state index < -0.39 is 0 Å². The molecule has 3 aliphatic carbocycles. The Morgan fingerprint density at radius 1 is 1.08 bits per heavy atom. The quantitative estimate of drug-likeness (QED) is 0.764. The summed E-state index contributed by atoms with van der Waals surface area (Å²) >= 11 is 0. The van der Waals surface area contributed by atoms with Gasteiger partial charge in [0.25, 0.3) is 0 Å². The molecule has 0 bridgehead atoms. The fourth-order valence-corrected chi connectivity index (χ4v) is 7.35. The molecule has 4 rings (SSSR count). The van der Waals surface area contributed by atoms with Crippen LogP contribution in [0.3, 0.4) is 0 Å². The van der Waals surface area contributed by atoms with Crippen LogP contribution in [0.1, 0.15) is 78.6 Å². The first kappa shape index (κ1) is 17.4. The van der Waals surface area contributed by atoms with E-state index in [0.717, 1.165) is 43.4 Å². The number of hydrogen-bond donors (Lipinski definition) is 2. The Balaban J connectivity index is 1.53. The van der Waals surface area contributed by atoms with Gasteiger partial charge in [-0.3, -0.25) is 9.59 Å². The molecule has 0 aromatic carbocycles. The molecular weight excluding hydrogens is 312 g/mol. The zero-order valence-corrected chi connectivity index (χ0v) is 16.1. The number of rotatable bonds is 1. The lowest BCUT2D eigenvalue weighted by Gasteiger charge is -2.62. The van der Waals surface area contributed by atoms with Crippen molar-refractivity contribution < 1.29 is 9.59 Å². The van der Waals surface area contributed by atoms with Gasteiger partial charge in [0.1, 0.15) is 0 Å². The van der Waals surface area contributed by atoms with E-state index in [4.69, 9.17) is 0 Å². The van der Waals surface area contributed by atoms with Crippen molar-refractivity contribution in [2.24, 2.45) is 29.1 Å². The first-order chi connectivity index (χ1) is 11.8. The molecular formula is C21H34N2O2. The molecule has 1 aliphatic heterocycles. The van der Waals surface area contributed by atoms with Gasteiger partial charge in [-0.05, 0) is 87.4 Å². The number of piperidine rings is 1. The number of nitrogens with one attached hydrogen (secondary N) is 2. The lowest BCUT2D eigenvalue weighted by atomic mass is 9.45. The number of carbonyl (C=O) groups excluding carboxylic acids is 2. The average molecular weight is 347 g/mol. The lowest BCUT2D eigenvalue weighted by Crippen LogP contribution is -2.63. The highest BCUT2D eigenvalue weighted by Gasteiger charge is 2.57. The first-order valence-electron chi connectivity index (χ1n) is 10.4. The SMILES string of the molecule is CC(=O)N[C@H]1CC[C@@]2(C)[C@@H](CC[C@@H]3[C@@H]2CC[C@]2(C)NC(=O)CC[C@@H]32)C1. The minimum atomic E-state index is 0.0348. The lowest BCUT2D eigenvalue weighted by molar-refractivity contribution is -0.140. The van der Waals surface area contributed by atoms with Crippen LogP contribution in [0.25, 0.3) is 0 Å². The average Bonchev–Trinajstić information content (AvgIpc) is 2.53. The maximum Gasteiger partial charge on any atom is 0.220 e. The Morgan fingerprint density at radius 3 is 2.64 bits per heavy atom. The van der Waals surface area contributed by atoms with E-state index in [1.54, 1.807) is 6.92 Å². The maximum absolute atomic E-state index is 12.0. The topological polar surface area (TPSA) is 58.2 Å². The Labute approximate surface area is 151 Å². The Hall–Kier alpha value is -1.06. The predicted molar refractivity (Wildman–Crippen MR) is 97.8 cm³/mol. The van der Waals surface area contributed by atoms with Crippen molar-refractivity contribution in [3.8, 4) is 0 Å². The monoisotopic (exact) mass is 346 g/mol.